The van der Waals surface area contributed by atoms with Crippen LogP contribution in [0.1, 0.15) is 64.7 Å². The second-order valence-corrected chi connectivity index (χ2v) is 11.9. The lowest BCUT2D eigenvalue weighted by atomic mass is 9.72. The van der Waals surface area contributed by atoms with E-state index in [1.165, 1.54) is 22.3 Å². The maximum absolute atomic E-state index is 6.58. The van der Waals surface area contributed by atoms with Gasteiger partial charge in [0.05, 0.1) is 5.71 Å². The zero-order valence-electron chi connectivity index (χ0n) is 23.5. The molecule has 1 aromatic carbocycles. The molecule has 0 amide bonds. The summed E-state index contributed by atoms with van der Waals surface area (Å²) in [6, 6.07) is 6.95. The normalized spacial score (nSPS) is 28.2. The van der Waals surface area contributed by atoms with Crippen molar-refractivity contribution in [2.24, 2.45) is 27.7 Å². The first-order chi connectivity index (χ1) is 18.2. The van der Waals surface area contributed by atoms with E-state index in [1.807, 2.05) is 25.2 Å². The van der Waals surface area contributed by atoms with E-state index in [2.05, 4.69) is 95.3 Å². The van der Waals surface area contributed by atoms with E-state index < -0.39 is 5.50 Å². The summed E-state index contributed by atoms with van der Waals surface area (Å²) in [5, 5.41) is 0. The summed E-state index contributed by atoms with van der Waals surface area (Å²) in [7, 11) is 0. The summed E-state index contributed by atoms with van der Waals surface area (Å²) >= 11 is 6.58. The average molecular weight is 523 g/mol. The summed E-state index contributed by atoms with van der Waals surface area (Å²) < 4.78 is 0. The zero-order chi connectivity index (χ0) is 27.0. The number of amidine groups is 1. The van der Waals surface area contributed by atoms with Gasteiger partial charge in [-0.25, -0.2) is 9.98 Å². The number of hydrogen-bond acceptors (Lipinski definition) is 2. The molecule has 196 valence electrons. The molecule has 0 bridgehead atoms. The second-order valence-electron chi connectivity index (χ2n) is 11.4. The van der Waals surface area contributed by atoms with Gasteiger partial charge in [-0.15, -0.1) is 0 Å². The van der Waals surface area contributed by atoms with E-state index in [0.717, 1.165) is 41.5 Å². The highest BCUT2D eigenvalue weighted by Gasteiger charge is 2.56. The molecule has 4 aliphatic rings. The largest absolute Gasteiger partial charge is 0.242 e. The molecular formula is C35H39ClN2. The summed E-state index contributed by atoms with van der Waals surface area (Å²) in [6.07, 6.45) is 23.6. The zero-order valence-corrected chi connectivity index (χ0v) is 24.3. The number of allylic oxidation sites excluding steroid dienone is 12. The summed E-state index contributed by atoms with van der Waals surface area (Å²) in [5.74, 6) is 2.91. The molecule has 38 heavy (non-hydrogen) atoms. The fraction of sp³-hybridized carbons (Fsp3) is 0.371. The fourth-order valence-electron chi connectivity index (χ4n) is 6.20. The van der Waals surface area contributed by atoms with Gasteiger partial charge in [-0.05, 0) is 97.4 Å². The Bertz CT molecular complexity index is 1400. The third-order valence-electron chi connectivity index (χ3n) is 8.70. The third kappa shape index (κ3) is 5.04. The van der Waals surface area contributed by atoms with E-state index in [4.69, 9.17) is 21.6 Å². The maximum Gasteiger partial charge on any atom is 0.152 e. The Morgan fingerprint density at radius 1 is 1.11 bits per heavy atom. The second kappa shape index (κ2) is 10.7. The molecule has 1 heterocycles. The van der Waals surface area contributed by atoms with Gasteiger partial charge in [0.2, 0.25) is 0 Å². The molecule has 3 unspecified atom stereocenters. The molecule has 3 aliphatic carbocycles. The predicted molar refractivity (Wildman–Crippen MR) is 164 cm³/mol. The summed E-state index contributed by atoms with van der Waals surface area (Å²) in [5.41, 5.74) is 9.62. The van der Waals surface area contributed by atoms with Gasteiger partial charge in [0.1, 0.15) is 5.50 Å². The Morgan fingerprint density at radius 3 is 2.66 bits per heavy atom. The highest BCUT2D eigenvalue weighted by Crippen LogP contribution is 2.62. The number of benzene rings is 1. The highest BCUT2D eigenvalue weighted by atomic mass is 35.5. The van der Waals surface area contributed by atoms with Crippen molar-refractivity contribution in [1.82, 2.24) is 0 Å². The van der Waals surface area contributed by atoms with Crippen LogP contribution >= 0.6 is 11.6 Å². The number of hydrogen-bond donors (Lipinski definition) is 0. The Hall–Kier alpha value is -2.97. The number of rotatable bonds is 6. The molecule has 0 aromatic heterocycles. The molecule has 0 spiro atoms. The Kier molecular flexibility index (Phi) is 7.47. The first kappa shape index (κ1) is 26.6. The third-order valence-corrected chi connectivity index (χ3v) is 8.95. The van der Waals surface area contributed by atoms with Crippen LogP contribution < -0.4 is 0 Å². The number of fused-ring (bicyclic) bond motifs is 2. The Balaban J connectivity index is 1.51. The van der Waals surface area contributed by atoms with E-state index in [9.17, 15) is 0 Å². The SMILES string of the molecule is C\C=C/C=C(C)/C(C)=C/C=C(\CC)C1=NC(Cl)C=CC(c2ccc3c(c2)C(C)(C)C2=CC=CC4C(C3)[C@H]24)=N1. The molecular weight excluding hydrogens is 484 g/mol. The molecule has 1 saturated carbocycles. The van der Waals surface area contributed by atoms with Crippen LogP contribution in [0.25, 0.3) is 0 Å². The van der Waals surface area contributed by atoms with Crippen LogP contribution in [0.5, 0.6) is 0 Å². The van der Waals surface area contributed by atoms with Crippen molar-refractivity contribution in [3.63, 3.8) is 0 Å². The predicted octanol–water partition coefficient (Wildman–Crippen LogP) is 9.01. The van der Waals surface area contributed by atoms with Gasteiger partial charge >= 0.3 is 0 Å². The van der Waals surface area contributed by atoms with Gasteiger partial charge < -0.3 is 0 Å². The van der Waals surface area contributed by atoms with Crippen LogP contribution in [-0.2, 0) is 11.8 Å². The Labute approximate surface area is 233 Å². The Morgan fingerprint density at radius 2 is 1.89 bits per heavy atom. The maximum atomic E-state index is 6.58. The van der Waals surface area contributed by atoms with Crippen LogP contribution in [0.2, 0.25) is 0 Å². The van der Waals surface area contributed by atoms with Gasteiger partial charge in [0, 0.05) is 11.0 Å². The van der Waals surface area contributed by atoms with Gasteiger partial charge in [-0.3, -0.25) is 0 Å². The summed E-state index contributed by atoms with van der Waals surface area (Å²) in [4.78, 5) is 9.84. The van der Waals surface area contributed by atoms with Crippen LogP contribution in [0.15, 0.2) is 111 Å². The van der Waals surface area contributed by atoms with Crippen molar-refractivity contribution in [3.05, 3.63) is 118 Å². The number of nitrogens with zero attached hydrogens (tertiary/aromatic N) is 2. The van der Waals surface area contributed by atoms with Crippen molar-refractivity contribution >= 4 is 23.1 Å². The quantitative estimate of drug-likeness (QED) is 0.202. The van der Waals surface area contributed by atoms with Crippen molar-refractivity contribution < 1.29 is 0 Å². The summed E-state index contributed by atoms with van der Waals surface area (Å²) in [6.45, 7) is 13.2. The number of aliphatic imine (C=N–C) groups is 2. The molecule has 0 radical (unpaired) electrons. The molecule has 5 rings (SSSR count). The van der Waals surface area contributed by atoms with Gasteiger partial charge in [0.15, 0.2) is 5.84 Å². The van der Waals surface area contributed by atoms with E-state index in [-0.39, 0.29) is 5.41 Å². The molecule has 3 heteroatoms. The lowest BCUT2D eigenvalue weighted by molar-refractivity contribution is 0.575. The minimum atomic E-state index is -0.442. The van der Waals surface area contributed by atoms with Crippen molar-refractivity contribution in [1.29, 1.82) is 0 Å². The monoisotopic (exact) mass is 522 g/mol. The lowest BCUT2D eigenvalue weighted by Gasteiger charge is -2.31. The molecule has 1 fully saturated rings. The van der Waals surface area contributed by atoms with Gasteiger partial charge in [-0.1, -0.05) is 98.7 Å². The first-order valence-electron chi connectivity index (χ1n) is 13.9. The van der Waals surface area contributed by atoms with E-state index >= 15 is 0 Å². The first-order valence-corrected chi connectivity index (χ1v) is 14.4. The van der Waals surface area contributed by atoms with Gasteiger partial charge in [0.25, 0.3) is 0 Å². The lowest BCUT2D eigenvalue weighted by Crippen LogP contribution is -2.24. The van der Waals surface area contributed by atoms with Crippen LogP contribution in [0.4, 0.5) is 0 Å². The molecule has 4 atom stereocenters. The molecule has 1 aliphatic heterocycles. The number of alkyl halides is 1. The van der Waals surface area contributed by atoms with Crippen LogP contribution in [0, 0.1) is 17.8 Å². The number of halogens is 1. The van der Waals surface area contributed by atoms with Crippen molar-refractivity contribution in [2.45, 2.75) is 65.3 Å². The fourth-order valence-corrected chi connectivity index (χ4v) is 6.36. The minimum Gasteiger partial charge on any atom is -0.242 e. The van der Waals surface area contributed by atoms with Crippen LogP contribution in [0.3, 0.4) is 0 Å². The van der Waals surface area contributed by atoms with Gasteiger partial charge in [-0.2, -0.15) is 0 Å². The molecule has 1 aromatic rings. The van der Waals surface area contributed by atoms with Crippen molar-refractivity contribution in [3.8, 4) is 0 Å². The van der Waals surface area contributed by atoms with Crippen LogP contribution in [-0.4, -0.2) is 17.0 Å². The molecule has 2 nitrogen and oxygen atoms in total. The van der Waals surface area contributed by atoms with Crippen molar-refractivity contribution in [2.75, 3.05) is 0 Å². The molecule has 0 N–H and O–H groups in total. The van der Waals surface area contributed by atoms with E-state index in [1.54, 1.807) is 5.57 Å². The minimum absolute atomic E-state index is 0.000356. The highest BCUT2D eigenvalue weighted by molar-refractivity contribution is 6.25. The average Bonchev–Trinajstić information content (AvgIpc) is 3.66. The molecule has 0 saturated heterocycles. The topological polar surface area (TPSA) is 24.7 Å². The smallest absolute Gasteiger partial charge is 0.152 e. The standard InChI is InChI=1S/C35H39ClN2/c1-7-9-11-22(3)23(4)14-15-24(8-2)34-37-31(18-19-32(36)38-34)26-17-16-25-20-28-27-12-10-13-29(33(27)28)35(5,6)30(25)21-26/h7,9-19,21,27-28,32-33H,8,20H2,1-6H3/b9-7-,22-11+,23-14+,24-15+/t27?,28?,32?,33-/m1/s1. The van der Waals surface area contributed by atoms with E-state index in [0.29, 0.717) is 11.8 Å².